The van der Waals surface area contributed by atoms with Crippen LogP contribution in [0.4, 0.5) is 5.69 Å². The highest BCUT2D eigenvalue weighted by Crippen LogP contribution is 2.18. The van der Waals surface area contributed by atoms with Crippen molar-refractivity contribution in [3.8, 4) is 11.5 Å². The second kappa shape index (κ2) is 8.10. The van der Waals surface area contributed by atoms with Crippen LogP contribution in [0.25, 0.3) is 0 Å². The van der Waals surface area contributed by atoms with E-state index in [0.29, 0.717) is 0 Å². The van der Waals surface area contributed by atoms with E-state index in [2.05, 4.69) is 11.9 Å². The highest BCUT2D eigenvalue weighted by molar-refractivity contribution is 5.82. The summed E-state index contributed by atoms with van der Waals surface area (Å²) < 4.78 is 10.8. The van der Waals surface area contributed by atoms with Gasteiger partial charge in [-0.3, -0.25) is 4.99 Å². The third-order valence-electron chi connectivity index (χ3n) is 3.08. The van der Waals surface area contributed by atoms with Crippen molar-refractivity contribution in [1.82, 2.24) is 0 Å². The van der Waals surface area contributed by atoms with Crippen LogP contribution in [-0.4, -0.2) is 19.9 Å². The molecule has 0 heterocycles. The van der Waals surface area contributed by atoms with Gasteiger partial charge in [-0.05, 0) is 60.5 Å². The van der Waals surface area contributed by atoms with Gasteiger partial charge in [-0.1, -0.05) is 13.3 Å². The zero-order valence-corrected chi connectivity index (χ0v) is 12.6. The molecule has 0 radical (unpaired) electrons. The first kappa shape index (κ1) is 15.1. The SMILES string of the molecule is CCCCOc1ccc(/N=C/c2ccc(OC)cc2)cc1. The van der Waals surface area contributed by atoms with E-state index in [1.54, 1.807) is 7.11 Å². The van der Waals surface area contributed by atoms with Crippen LogP contribution < -0.4 is 9.47 Å². The number of ether oxygens (including phenoxy) is 2. The van der Waals surface area contributed by atoms with Crippen LogP contribution in [-0.2, 0) is 0 Å². The predicted molar refractivity (Wildman–Crippen MR) is 87.1 cm³/mol. The molecule has 110 valence electrons. The molecule has 21 heavy (non-hydrogen) atoms. The lowest BCUT2D eigenvalue weighted by Gasteiger charge is -2.04. The molecule has 2 aromatic carbocycles. The van der Waals surface area contributed by atoms with Gasteiger partial charge in [0, 0.05) is 6.21 Å². The summed E-state index contributed by atoms with van der Waals surface area (Å²) in [7, 11) is 1.66. The first-order valence-corrected chi connectivity index (χ1v) is 7.23. The van der Waals surface area contributed by atoms with Crippen LogP contribution in [0.5, 0.6) is 11.5 Å². The molecule has 0 aliphatic heterocycles. The van der Waals surface area contributed by atoms with Gasteiger partial charge in [0.1, 0.15) is 11.5 Å². The molecule has 0 aliphatic rings. The summed E-state index contributed by atoms with van der Waals surface area (Å²) in [5.41, 5.74) is 1.95. The van der Waals surface area contributed by atoms with E-state index in [1.165, 1.54) is 0 Å². The normalized spacial score (nSPS) is 10.8. The Balaban J connectivity index is 1.93. The molecule has 0 aromatic heterocycles. The molecule has 0 saturated heterocycles. The minimum Gasteiger partial charge on any atom is -0.497 e. The van der Waals surface area contributed by atoms with Gasteiger partial charge < -0.3 is 9.47 Å². The minimum atomic E-state index is 0.769. The Kier molecular flexibility index (Phi) is 5.83. The number of hydrogen-bond acceptors (Lipinski definition) is 3. The molecule has 0 fully saturated rings. The van der Waals surface area contributed by atoms with Crippen LogP contribution in [0, 0.1) is 0 Å². The summed E-state index contributed by atoms with van der Waals surface area (Å²) in [6.45, 7) is 2.92. The van der Waals surface area contributed by atoms with E-state index < -0.39 is 0 Å². The highest BCUT2D eigenvalue weighted by atomic mass is 16.5. The zero-order valence-electron chi connectivity index (χ0n) is 12.6. The lowest BCUT2D eigenvalue weighted by atomic mass is 10.2. The molecule has 2 aromatic rings. The number of methoxy groups -OCH3 is 1. The third kappa shape index (κ3) is 4.95. The van der Waals surface area contributed by atoms with Gasteiger partial charge in [0.25, 0.3) is 0 Å². The topological polar surface area (TPSA) is 30.8 Å². The van der Waals surface area contributed by atoms with Crippen LogP contribution in [0.3, 0.4) is 0 Å². The van der Waals surface area contributed by atoms with Gasteiger partial charge >= 0.3 is 0 Å². The number of aliphatic imine (C=N–C) groups is 1. The molecule has 0 bridgehead atoms. The molecular formula is C18H21NO2. The Bertz CT molecular complexity index is 559. The largest absolute Gasteiger partial charge is 0.497 e. The van der Waals surface area contributed by atoms with Crippen molar-refractivity contribution in [1.29, 1.82) is 0 Å². The Hall–Kier alpha value is -2.29. The molecule has 0 N–H and O–H groups in total. The number of hydrogen-bond donors (Lipinski definition) is 0. The molecule has 0 spiro atoms. The van der Waals surface area contributed by atoms with Crippen molar-refractivity contribution >= 4 is 11.9 Å². The molecule has 0 amide bonds. The Morgan fingerprint density at radius 1 is 0.952 bits per heavy atom. The van der Waals surface area contributed by atoms with Crippen molar-refractivity contribution in [2.24, 2.45) is 4.99 Å². The summed E-state index contributed by atoms with van der Waals surface area (Å²) in [6, 6.07) is 15.6. The summed E-state index contributed by atoms with van der Waals surface area (Å²) in [5, 5.41) is 0. The average Bonchev–Trinajstić information content (AvgIpc) is 2.55. The molecule has 0 atom stereocenters. The maximum atomic E-state index is 5.62. The number of nitrogens with zero attached hydrogens (tertiary/aromatic N) is 1. The monoisotopic (exact) mass is 283 g/mol. The summed E-state index contributed by atoms with van der Waals surface area (Å²) in [4.78, 5) is 4.45. The number of unbranched alkanes of at least 4 members (excludes halogenated alkanes) is 1. The van der Waals surface area contributed by atoms with E-state index >= 15 is 0 Å². The van der Waals surface area contributed by atoms with Gasteiger partial charge in [-0.25, -0.2) is 0 Å². The van der Waals surface area contributed by atoms with Gasteiger partial charge in [-0.15, -0.1) is 0 Å². The first-order chi connectivity index (χ1) is 10.3. The number of benzene rings is 2. The molecule has 3 heteroatoms. The summed E-state index contributed by atoms with van der Waals surface area (Å²) in [6.07, 6.45) is 4.06. The third-order valence-corrected chi connectivity index (χ3v) is 3.08. The van der Waals surface area contributed by atoms with Crippen LogP contribution in [0.2, 0.25) is 0 Å². The van der Waals surface area contributed by atoms with Crippen molar-refractivity contribution in [3.05, 3.63) is 54.1 Å². The van der Waals surface area contributed by atoms with Crippen LogP contribution in [0.1, 0.15) is 25.3 Å². The fourth-order valence-electron chi connectivity index (χ4n) is 1.80. The van der Waals surface area contributed by atoms with E-state index in [9.17, 15) is 0 Å². The molecule has 3 nitrogen and oxygen atoms in total. The van der Waals surface area contributed by atoms with E-state index in [0.717, 1.165) is 42.2 Å². The molecular weight excluding hydrogens is 262 g/mol. The second-order valence-electron chi connectivity index (χ2n) is 4.73. The lowest BCUT2D eigenvalue weighted by molar-refractivity contribution is 0.309. The Morgan fingerprint density at radius 3 is 2.24 bits per heavy atom. The zero-order chi connectivity index (χ0) is 14.9. The standard InChI is InChI=1S/C18H21NO2/c1-3-4-13-21-18-11-7-16(8-12-18)19-14-15-5-9-17(20-2)10-6-15/h5-12,14H,3-4,13H2,1-2H3/b19-14+. The molecule has 0 aliphatic carbocycles. The Morgan fingerprint density at radius 2 is 1.62 bits per heavy atom. The maximum Gasteiger partial charge on any atom is 0.119 e. The second-order valence-corrected chi connectivity index (χ2v) is 4.73. The van der Waals surface area contributed by atoms with Gasteiger partial charge in [0.15, 0.2) is 0 Å². The Labute approximate surface area is 126 Å². The van der Waals surface area contributed by atoms with Crippen molar-refractivity contribution in [2.75, 3.05) is 13.7 Å². The van der Waals surface area contributed by atoms with Gasteiger partial charge in [-0.2, -0.15) is 0 Å². The van der Waals surface area contributed by atoms with Crippen molar-refractivity contribution in [2.45, 2.75) is 19.8 Å². The van der Waals surface area contributed by atoms with Crippen molar-refractivity contribution < 1.29 is 9.47 Å². The predicted octanol–water partition coefficient (Wildman–Crippen LogP) is 4.62. The smallest absolute Gasteiger partial charge is 0.119 e. The first-order valence-electron chi connectivity index (χ1n) is 7.23. The molecule has 0 unspecified atom stereocenters. The fraction of sp³-hybridized carbons (Fsp3) is 0.278. The van der Waals surface area contributed by atoms with E-state index in [4.69, 9.17) is 9.47 Å². The van der Waals surface area contributed by atoms with Crippen molar-refractivity contribution in [3.63, 3.8) is 0 Å². The highest BCUT2D eigenvalue weighted by Gasteiger charge is 1.95. The van der Waals surface area contributed by atoms with E-state index in [1.807, 2.05) is 54.7 Å². The quantitative estimate of drug-likeness (QED) is 0.548. The van der Waals surface area contributed by atoms with Crippen LogP contribution in [0.15, 0.2) is 53.5 Å². The maximum absolute atomic E-state index is 5.62. The molecule has 2 rings (SSSR count). The minimum absolute atomic E-state index is 0.769. The average molecular weight is 283 g/mol. The summed E-state index contributed by atoms with van der Waals surface area (Å²) in [5.74, 6) is 1.74. The van der Waals surface area contributed by atoms with Gasteiger partial charge in [0.2, 0.25) is 0 Å². The summed E-state index contributed by atoms with van der Waals surface area (Å²) >= 11 is 0. The molecule has 0 saturated carbocycles. The van der Waals surface area contributed by atoms with Crippen LogP contribution >= 0.6 is 0 Å². The van der Waals surface area contributed by atoms with Gasteiger partial charge in [0.05, 0.1) is 19.4 Å². The lowest BCUT2D eigenvalue weighted by Crippen LogP contribution is -1.95. The number of rotatable bonds is 7. The van der Waals surface area contributed by atoms with E-state index in [-0.39, 0.29) is 0 Å². The fourth-order valence-corrected chi connectivity index (χ4v) is 1.80.